The van der Waals surface area contributed by atoms with E-state index in [-0.39, 0.29) is 0 Å². The monoisotopic (exact) mass is 458 g/mol. The second-order valence-corrected chi connectivity index (χ2v) is 9.67. The lowest BCUT2D eigenvalue weighted by molar-refractivity contribution is 0.355. The van der Waals surface area contributed by atoms with Crippen molar-refractivity contribution in [2.24, 2.45) is 11.8 Å². The summed E-state index contributed by atoms with van der Waals surface area (Å²) in [6, 6.07) is 9.89. The van der Waals surface area contributed by atoms with Gasteiger partial charge in [-0.25, -0.2) is 0 Å². The summed E-state index contributed by atoms with van der Waals surface area (Å²) >= 11 is 11.8. The van der Waals surface area contributed by atoms with Gasteiger partial charge in [0.15, 0.2) is 5.11 Å². The molecule has 0 aliphatic carbocycles. The van der Waals surface area contributed by atoms with Crippen molar-refractivity contribution in [1.82, 2.24) is 15.3 Å². The number of halogens is 1. The normalized spacial score (nSPS) is 21.3. The summed E-state index contributed by atoms with van der Waals surface area (Å²) in [5.74, 6) is 3.81. The van der Waals surface area contributed by atoms with E-state index in [1.807, 2.05) is 24.3 Å². The largest absolute Gasteiger partial charge is 0.358 e. The maximum atomic E-state index is 6.25. The quantitative estimate of drug-likeness (QED) is 0.630. The Morgan fingerprint density at radius 1 is 1.06 bits per heavy atom. The number of hydrogen-bond acceptors (Lipinski definition) is 5. The SMILES string of the molecule is C[C@@H]1C[C@H](C)CN(c2cc(N3CCCC3)nc(NC(=S)NCc3ccccc3Cl)n2)C1. The number of nitrogens with one attached hydrogen (secondary N) is 2. The van der Waals surface area contributed by atoms with Crippen LogP contribution < -0.4 is 20.4 Å². The molecule has 2 aliphatic heterocycles. The molecule has 6 nitrogen and oxygen atoms in total. The van der Waals surface area contributed by atoms with Crippen LogP contribution in [0, 0.1) is 11.8 Å². The molecule has 0 radical (unpaired) electrons. The smallest absolute Gasteiger partial charge is 0.232 e. The molecule has 1 aromatic heterocycles. The van der Waals surface area contributed by atoms with Crippen molar-refractivity contribution in [3.05, 3.63) is 40.9 Å². The van der Waals surface area contributed by atoms with E-state index in [4.69, 9.17) is 33.8 Å². The summed E-state index contributed by atoms with van der Waals surface area (Å²) in [6.45, 7) is 9.31. The van der Waals surface area contributed by atoms with Crippen LogP contribution in [-0.2, 0) is 6.54 Å². The number of rotatable bonds is 5. The van der Waals surface area contributed by atoms with Gasteiger partial charge >= 0.3 is 0 Å². The summed E-state index contributed by atoms with van der Waals surface area (Å²) in [5.41, 5.74) is 0.997. The molecule has 166 valence electrons. The number of benzene rings is 1. The highest BCUT2D eigenvalue weighted by atomic mass is 35.5. The van der Waals surface area contributed by atoms with Gasteiger partial charge in [-0.2, -0.15) is 9.97 Å². The number of aromatic nitrogens is 2. The fourth-order valence-corrected chi connectivity index (χ4v) is 4.93. The first-order valence-electron chi connectivity index (χ1n) is 11.1. The van der Waals surface area contributed by atoms with Gasteiger partial charge in [0.1, 0.15) is 11.6 Å². The van der Waals surface area contributed by atoms with Crippen molar-refractivity contribution < 1.29 is 0 Å². The van der Waals surface area contributed by atoms with Crippen LogP contribution in [0.25, 0.3) is 0 Å². The van der Waals surface area contributed by atoms with E-state index in [9.17, 15) is 0 Å². The lowest BCUT2D eigenvalue weighted by Crippen LogP contribution is -2.39. The highest BCUT2D eigenvalue weighted by molar-refractivity contribution is 7.80. The van der Waals surface area contributed by atoms with Gasteiger partial charge in [0, 0.05) is 43.8 Å². The average Bonchev–Trinajstić information content (AvgIpc) is 3.27. The second-order valence-electron chi connectivity index (χ2n) is 8.85. The third kappa shape index (κ3) is 5.77. The molecule has 2 aliphatic rings. The fraction of sp³-hybridized carbons (Fsp3) is 0.522. The van der Waals surface area contributed by atoms with Crippen molar-refractivity contribution >= 4 is 46.5 Å². The molecular formula is C23H31ClN6S. The Morgan fingerprint density at radius 2 is 1.71 bits per heavy atom. The van der Waals surface area contributed by atoms with Gasteiger partial charge < -0.3 is 20.4 Å². The zero-order chi connectivity index (χ0) is 21.8. The van der Waals surface area contributed by atoms with Crippen LogP contribution in [0.1, 0.15) is 38.7 Å². The van der Waals surface area contributed by atoms with Crippen LogP contribution >= 0.6 is 23.8 Å². The molecule has 0 amide bonds. The van der Waals surface area contributed by atoms with E-state index in [1.54, 1.807) is 0 Å². The summed E-state index contributed by atoms with van der Waals surface area (Å²) in [5, 5.41) is 7.63. The Bertz CT molecular complexity index is 907. The molecule has 2 atom stereocenters. The zero-order valence-electron chi connectivity index (χ0n) is 18.3. The lowest BCUT2D eigenvalue weighted by Gasteiger charge is -2.36. The summed E-state index contributed by atoms with van der Waals surface area (Å²) < 4.78 is 0. The molecule has 2 N–H and O–H groups in total. The van der Waals surface area contributed by atoms with Crippen LogP contribution in [0.15, 0.2) is 30.3 Å². The fourth-order valence-electron chi connectivity index (χ4n) is 4.56. The van der Waals surface area contributed by atoms with Gasteiger partial charge in [0.2, 0.25) is 5.95 Å². The van der Waals surface area contributed by atoms with Gasteiger partial charge in [0.25, 0.3) is 0 Å². The first-order valence-corrected chi connectivity index (χ1v) is 11.9. The minimum absolute atomic E-state index is 0.491. The number of nitrogens with zero attached hydrogens (tertiary/aromatic N) is 4. The van der Waals surface area contributed by atoms with Crippen LogP contribution in [0.2, 0.25) is 5.02 Å². The topological polar surface area (TPSA) is 56.3 Å². The lowest BCUT2D eigenvalue weighted by atomic mass is 9.92. The molecule has 3 heterocycles. The molecule has 8 heteroatoms. The Hall–Kier alpha value is -2.12. The predicted molar refractivity (Wildman–Crippen MR) is 133 cm³/mol. The molecule has 0 spiro atoms. The molecule has 2 saturated heterocycles. The first kappa shape index (κ1) is 22.1. The van der Waals surface area contributed by atoms with Crippen molar-refractivity contribution in [3.63, 3.8) is 0 Å². The average molecular weight is 459 g/mol. The van der Waals surface area contributed by atoms with Gasteiger partial charge in [0.05, 0.1) is 0 Å². The van der Waals surface area contributed by atoms with Crippen LogP contribution in [0.5, 0.6) is 0 Å². The number of anilines is 3. The van der Waals surface area contributed by atoms with Crippen molar-refractivity contribution in [3.8, 4) is 0 Å². The highest BCUT2D eigenvalue weighted by Gasteiger charge is 2.25. The van der Waals surface area contributed by atoms with E-state index in [0.717, 1.165) is 48.4 Å². The molecule has 2 aromatic rings. The first-order chi connectivity index (χ1) is 15.0. The Morgan fingerprint density at radius 3 is 2.39 bits per heavy atom. The van der Waals surface area contributed by atoms with E-state index in [2.05, 4.69) is 40.3 Å². The number of thiocarbonyl (C=S) groups is 1. The zero-order valence-corrected chi connectivity index (χ0v) is 19.8. The molecule has 0 bridgehead atoms. The third-order valence-electron chi connectivity index (χ3n) is 5.94. The van der Waals surface area contributed by atoms with E-state index in [1.165, 1.54) is 19.3 Å². The predicted octanol–water partition coefficient (Wildman–Crippen LogP) is 4.70. The minimum atomic E-state index is 0.491. The van der Waals surface area contributed by atoms with E-state index in [0.29, 0.717) is 29.4 Å². The maximum absolute atomic E-state index is 6.25. The number of hydrogen-bond donors (Lipinski definition) is 2. The van der Waals surface area contributed by atoms with Crippen molar-refractivity contribution in [2.45, 2.75) is 39.7 Å². The van der Waals surface area contributed by atoms with Crippen LogP contribution in [-0.4, -0.2) is 41.3 Å². The molecule has 0 unspecified atom stereocenters. The standard InChI is InChI=1S/C23H31ClN6S/c1-16-11-17(2)15-30(14-16)21-12-20(29-9-5-6-10-29)26-22(27-21)28-23(31)25-13-18-7-3-4-8-19(18)24/h3-4,7-8,12,16-17H,5-6,9-11,13-15H2,1-2H3,(H2,25,26,27,28,31)/t16-,17+. The molecular weight excluding hydrogens is 428 g/mol. The van der Waals surface area contributed by atoms with E-state index < -0.39 is 0 Å². The Balaban J connectivity index is 1.51. The van der Waals surface area contributed by atoms with Crippen molar-refractivity contribution in [1.29, 1.82) is 0 Å². The molecule has 2 fully saturated rings. The van der Waals surface area contributed by atoms with E-state index >= 15 is 0 Å². The van der Waals surface area contributed by atoms with Crippen LogP contribution in [0.3, 0.4) is 0 Å². The minimum Gasteiger partial charge on any atom is -0.358 e. The Labute approximate surface area is 195 Å². The number of piperidine rings is 1. The molecule has 0 saturated carbocycles. The van der Waals surface area contributed by atoms with Gasteiger partial charge in [-0.1, -0.05) is 43.6 Å². The summed E-state index contributed by atoms with van der Waals surface area (Å²) in [6.07, 6.45) is 3.68. The highest BCUT2D eigenvalue weighted by Crippen LogP contribution is 2.29. The summed E-state index contributed by atoms with van der Waals surface area (Å²) in [7, 11) is 0. The molecule has 4 rings (SSSR count). The van der Waals surface area contributed by atoms with Gasteiger partial charge in [-0.3, -0.25) is 0 Å². The van der Waals surface area contributed by atoms with Crippen LogP contribution in [0.4, 0.5) is 17.6 Å². The van der Waals surface area contributed by atoms with Crippen molar-refractivity contribution in [2.75, 3.05) is 41.3 Å². The molecule has 31 heavy (non-hydrogen) atoms. The Kier molecular flexibility index (Phi) is 7.13. The van der Waals surface area contributed by atoms with Gasteiger partial charge in [-0.15, -0.1) is 0 Å². The summed E-state index contributed by atoms with van der Waals surface area (Å²) in [4.78, 5) is 14.4. The second kappa shape index (κ2) is 10.0. The maximum Gasteiger partial charge on any atom is 0.232 e. The van der Waals surface area contributed by atoms with Gasteiger partial charge in [-0.05, 0) is 54.9 Å². The third-order valence-corrected chi connectivity index (χ3v) is 6.56. The molecule has 1 aromatic carbocycles.